The molecule has 3 N–H and O–H groups in total. The highest BCUT2D eigenvalue weighted by Gasteiger charge is 2.27. The Morgan fingerprint density at radius 3 is 2.68 bits per heavy atom. The van der Waals surface area contributed by atoms with Gasteiger partial charge in [0.05, 0.1) is 10.5 Å². The van der Waals surface area contributed by atoms with Crippen LogP contribution in [0, 0.1) is 17.0 Å². The Morgan fingerprint density at radius 1 is 1.53 bits per heavy atom. The van der Waals surface area contributed by atoms with Crippen LogP contribution in [-0.4, -0.2) is 16.4 Å². The fraction of sp³-hybridized carbons (Fsp3) is 0.462. The smallest absolute Gasteiger partial charge is 0.274 e. The maximum absolute atomic E-state index is 12.0. The molecular weight excluding hydrogens is 246 g/mol. The predicted octanol–water partition coefficient (Wildman–Crippen LogP) is 2.36. The maximum atomic E-state index is 12.0. The molecule has 0 heterocycles. The topological polar surface area (TPSA) is 98.3 Å². The van der Waals surface area contributed by atoms with Gasteiger partial charge in [0.15, 0.2) is 0 Å². The molecule has 1 rings (SSSR count). The molecule has 0 saturated heterocycles. The quantitative estimate of drug-likeness (QED) is 0.630. The second-order valence-electron chi connectivity index (χ2n) is 4.88. The summed E-state index contributed by atoms with van der Waals surface area (Å²) in [5.41, 5.74) is 5.83. The van der Waals surface area contributed by atoms with Crippen LogP contribution in [0.15, 0.2) is 18.2 Å². The first kappa shape index (κ1) is 15.1. The molecule has 0 fully saturated rings. The van der Waals surface area contributed by atoms with Crippen molar-refractivity contribution in [1.29, 1.82) is 0 Å². The van der Waals surface area contributed by atoms with Crippen LogP contribution in [0.4, 0.5) is 11.4 Å². The summed E-state index contributed by atoms with van der Waals surface area (Å²) in [4.78, 5) is 22.3. The summed E-state index contributed by atoms with van der Waals surface area (Å²) in [5, 5.41) is 13.4. The third kappa shape index (κ3) is 3.75. The minimum absolute atomic E-state index is 0.0213. The van der Waals surface area contributed by atoms with E-state index in [1.54, 1.807) is 26.0 Å². The molecule has 1 atom stereocenters. The van der Waals surface area contributed by atoms with E-state index in [0.717, 1.165) is 6.42 Å². The predicted molar refractivity (Wildman–Crippen MR) is 74.0 cm³/mol. The Labute approximate surface area is 112 Å². The van der Waals surface area contributed by atoms with Crippen LogP contribution in [0.1, 0.15) is 32.3 Å². The van der Waals surface area contributed by atoms with Gasteiger partial charge in [0, 0.05) is 17.3 Å². The summed E-state index contributed by atoms with van der Waals surface area (Å²) < 4.78 is 0. The van der Waals surface area contributed by atoms with Gasteiger partial charge in [-0.3, -0.25) is 14.9 Å². The number of anilines is 1. The second-order valence-corrected chi connectivity index (χ2v) is 4.88. The number of hydrogen-bond donors (Lipinski definition) is 2. The Balaban J connectivity index is 2.92. The lowest BCUT2D eigenvalue weighted by Crippen LogP contribution is -2.48. The van der Waals surface area contributed by atoms with Crippen molar-refractivity contribution in [2.75, 3.05) is 5.32 Å². The molecule has 0 aliphatic carbocycles. The van der Waals surface area contributed by atoms with E-state index in [9.17, 15) is 14.9 Å². The Kier molecular flexibility index (Phi) is 4.61. The van der Waals surface area contributed by atoms with E-state index >= 15 is 0 Å². The molecule has 1 aromatic rings. The Morgan fingerprint density at radius 2 is 2.16 bits per heavy atom. The number of nitro benzene ring substituents is 1. The maximum Gasteiger partial charge on any atom is 0.274 e. The van der Waals surface area contributed by atoms with Gasteiger partial charge < -0.3 is 11.1 Å². The number of benzene rings is 1. The van der Waals surface area contributed by atoms with Gasteiger partial charge in [0.1, 0.15) is 0 Å². The van der Waals surface area contributed by atoms with E-state index in [0.29, 0.717) is 17.7 Å². The van der Waals surface area contributed by atoms with Crippen molar-refractivity contribution >= 4 is 17.3 Å². The molecule has 1 unspecified atom stereocenters. The summed E-state index contributed by atoms with van der Waals surface area (Å²) in [6.45, 7) is 5.23. The van der Waals surface area contributed by atoms with E-state index in [2.05, 4.69) is 5.32 Å². The molecule has 0 bridgehead atoms. The summed E-state index contributed by atoms with van der Waals surface area (Å²) in [7, 11) is 0. The van der Waals surface area contributed by atoms with E-state index in [1.807, 2.05) is 6.92 Å². The van der Waals surface area contributed by atoms with E-state index < -0.39 is 10.5 Å². The molecule has 6 nitrogen and oxygen atoms in total. The third-order valence-electron chi connectivity index (χ3n) is 2.95. The number of aryl methyl sites for hydroxylation is 1. The van der Waals surface area contributed by atoms with E-state index in [4.69, 9.17) is 5.73 Å². The third-order valence-corrected chi connectivity index (χ3v) is 2.95. The van der Waals surface area contributed by atoms with Crippen LogP contribution >= 0.6 is 0 Å². The summed E-state index contributed by atoms with van der Waals surface area (Å²) in [6.07, 6.45) is 1.33. The lowest BCUT2D eigenvalue weighted by molar-refractivity contribution is -0.385. The van der Waals surface area contributed by atoms with Gasteiger partial charge in [-0.05, 0) is 26.3 Å². The first-order valence-corrected chi connectivity index (χ1v) is 6.13. The molecule has 0 aromatic heterocycles. The molecule has 0 aliphatic heterocycles. The van der Waals surface area contributed by atoms with Crippen LogP contribution < -0.4 is 11.1 Å². The Hall–Kier alpha value is -1.95. The van der Waals surface area contributed by atoms with Gasteiger partial charge in [-0.2, -0.15) is 0 Å². The number of nitro groups is 1. The first-order valence-electron chi connectivity index (χ1n) is 6.13. The van der Waals surface area contributed by atoms with Crippen molar-refractivity contribution in [2.24, 2.45) is 5.73 Å². The van der Waals surface area contributed by atoms with E-state index in [1.165, 1.54) is 6.07 Å². The molecule has 1 amide bonds. The summed E-state index contributed by atoms with van der Waals surface area (Å²) >= 11 is 0. The molecule has 6 heteroatoms. The lowest BCUT2D eigenvalue weighted by Gasteiger charge is -2.22. The monoisotopic (exact) mass is 265 g/mol. The largest absolute Gasteiger partial charge is 0.324 e. The standard InChI is InChI=1S/C13H19N3O3/c1-4-7-13(3,14)12(17)15-10-6-5-9(2)11(8-10)16(18)19/h5-6,8H,4,7,14H2,1-3H3,(H,15,17). The lowest BCUT2D eigenvalue weighted by atomic mass is 9.96. The zero-order valence-corrected chi connectivity index (χ0v) is 11.4. The van der Waals surface area contributed by atoms with Gasteiger partial charge in [0.25, 0.3) is 5.69 Å². The van der Waals surface area contributed by atoms with Crippen LogP contribution in [-0.2, 0) is 4.79 Å². The molecular formula is C13H19N3O3. The Bertz CT molecular complexity index is 498. The molecule has 19 heavy (non-hydrogen) atoms. The SMILES string of the molecule is CCCC(C)(N)C(=O)Nc1ccc(C)c([N+](=O)[O-])c1. The number of hydrogen-bond acceptors (Lipinski definition) is 4. The van der Waals surface area contributed by atoms with Crippen LogP contribution in [0.3, 0.4) is 0 Å². The van der Waals surface area contributed by atoms with Gasteiger partial charge in [-0.25, -0.2) is 0 Å². The molecule has 104 valence electrons. The molecule has 0 radical (unpaired) electrons. The number of amides is 1. The fourth-order valence-electron chi connectivity index (χ4n) is 1.79. The fourth-order valence-corrected chi connectivity index (χ4v) is 1.79. The van der Waals surface area contributed by atoms with Crippen molar-refractivity contribution in [3.8, 4) is 0 Å². The molecule has 0 saturated carbocycles. The highest BCUT2D eigenvalue weighted by Crippen LogP contribution is 2.23. The average Bonchev–Trinajstić information content (AvgIpc) is 2.31. The number of nitrogens with one attached hydrogen (secondary N) is 1. The van der Waals surface area contributed by atoms with Crippen molar-refractivity contribution in [1.82, 2.24) is 0 Å². The summed E-state index contributed by atoms with van der Waals surface area (Å²) in [6, 6.07) is 4.57. The minimum atomic E-state index is -0.978. The number of carbonyl (C=O) groups excluding carboxylic acids is 1. The van der Waals surface area contributed by atoms with Crippen molar-refractivity contribution < 1.29 is 9.72 Å². The van der Waals surface area contributed by atoms with E-state index in [-0.39, 0.29) is 11.6 Å². The first-order chi connectivity index (χ1) is 8.77. The molecule has 0 spiro atoms. The van der Waals surface area contributed by atoms with Crippen LogP contribution in [0.2, 0.25) is 0 Å². The van der Waals surface area contributed by atoms with Gasteiger partial charge in [-0.15, -0.1) is 0 Å². The van der Waals surface area contributed by atoms with Crippen molar-refractivity contribution in [3.05, 3.63) is 33.9 Å². The highest BCUT2D eigenvalue weighted by atomic mass is 16.6. The second kappa shape index (κ2) is 5.79. The normalized spacial score (nSPS) is 13.7. The van der Waals surface area contributed by atoms with Crippen molar-refractivity contribution in [3.63, 3.8) is 0 Å². The zero-order valence-electron chi connectivity index (χ0n) is 11.4. The van der Waals surface area contributed by atoms with Crippen LogP contribution in [0.25, 0.3) is 0 Å². The minimum Gasteiger partial charge on any atom is -0.324 e. The number of carbonyl (C=O) groups is 1. The number of rotatable bonds is 5. The summed E-state index contributed by atoms with van der Waals surface area (Å²) in [5.74, 6) is -0.340. The van der Waals surface area contributed by atoms with Crippen LogP contribution in [0.5, 0.6) is 0 Å². The van der Waals surface area contributed by atoms with Gasteiger partial charge >= 0.3 is 0 Å². The van der Waals surface area contributed by atoms with Crippen molar-refractivity contribution in [2.45, 2.75) is 39.2 Å². The number of nitrogens with two attached hydrogens (primary N) is 1. The number of nitrogens with zero attached hydrogens (tertiary/aromatic N) is 1. The van der Waals surface area contributed by atoms with Gasteiger partial charge in [0.2, 0.25) is 5.91 Å². The zero-order chi connectivity index (χ0) is 14.6. The molecule has 0 aliphatic rings. The van der Waals surface area contributed by atoms with Gasteiger partial charge in [-0.1, -0.05) is 19.4 Å². The molecule has 1 aromatic carbocycles. The average molecular weight is 265 g/mol. The highest BCUT2D eigenvalue weighted by molar-refractivity contribution is 5.97.